The van der Waals surface area contributed by atoms with Crippen molar-refractivity contribution >= 4 is 28.6 Å². The monoisotopic (exact) mass is 287 g/mol. The highest BCUT2D eigenvalue weighted by Crippen LogP contribution is 2.19. The van der Waals surface area contributed by atoms with Gasteiger partial charge in [0.25, 0.3) is 0 Å². The van der Waals surface area contributed by atoms with Gasteiger partial charge in [0, 0.05) is 3.57 Å². The summed E-state index contributed by atoms with van der Waals surface area (Å²) in [6, 6.07) is 5.34. The van der Waals surface area contributed by atoms with Gasteiger partial charge in [-0.3, -0.25) is 0 Å². The second-order valence-electron chi connectivity index (χ2n) is 2.53. The third-order valence-corrected chi connectivity index (χ3v) is 2.59. The number of carboxylic acids is 1. The van der Waals surface area contributed by atoms with E-state index in [1.807, 2.05) is 28.7 Å². The van der Waals surface area contributed by atoms with E-state index in [4.69, 9.17) is 10.4 Å². The van der Waals surface area contributed by atoms with Crippen LogP contribution < -0.4 is 0 Å². The fourth-order valence-electron chi connectivity index (χ4n) is 1.07. The minimum atomic E-state index is -1.05. The Morgan fingerprint density at radius 3 is 2.62 bits per heavy atom. The Labute approximate surface area is 89.1 Å². The zero-order valence-electron chi connectivity index (χ0n) is 6.84. The molecule has 0 saturated heterocycles. The number of carboxylic acid groups (broad SMARTS) is 1. The lowest BCUT2D eigenvalue weighted by Crippen LogP contribution is -2.04. The number of nitrogens with zero attached hydrogens (tertiary/aromatic N) is 1. The topological polar surface area (TPSA) is 61.1 Å². The van der Waals surface area contributed by atoms with Gasteiger partial charge in [-0.15, -0.1) is 0 Å². The Morgan fingerprint density at radius 2 is 2.23 bits per heavy atom. The van der Waals surface area contributed by atoms with Crippen molar-refractivity contribution in [2.45, 2.75) is 6.92 Å². The summed E-state index contributed by atoms with van der Waals surface area (Å²) in [4.78, 5) is 10.8. The molecule has 1 rings (SSSR count). The van der Waals surface area contributed by atoms with Crippen LogP contribution in [0.5, 0.6) is 0 Å². The van der Waals surface area contributed by atoms with Crippen LogP contribution in [0.25, 0.3) is 0 Å². The maximum atomic E-state index is 10.8. The molecule has 3 nitrogen and oxygen atoms in total. The normalized spacial score (nSPS) is 9.31. The van der Waals surface area contributed by atoms with Crippen LogP contribution in [-0.4, -0.2) is 11.1 Å². The molecule has 0 amide bonds. The van der Waals surface area contributed by atoms with E-state index >= 15 is 0 Å². The lowest BCUT2D eigenvalue weighted by atomic mass is 10.0. The number of aryl methyl sites for hydroxylation is 1. The highest BCUT2D eigenvalue weighted by molar-refractivity contribution is 14.1. The average Bonchev–Trinajstić information content (AvgIpc) is 2.07. The van der Waals surface area contributed by atoms with Gasteiger partial charge in [0.05, 0.1) is 11.1 Å². The van der Waals surface area contributed by atoms with Crippen LogP contribution in [0.1, 0.15) is 21.5 Å². The number of carbonyl (C=O) groups is 1. The van der Waals surface area contributed by atoms with Gasteiger partial charge in [-0.25, -0.2) is 4.79 Å². The SMILES string of the molecule is Cc1ccc(I)c(C#N)c1C(=O)O. The summed E-state index contributed by atoms with van der Waals surface area (Å²) >= 11 is 1.95. The standard InChI is InChI=1S/C9H6INO2/c1-5-2-3-7(10)6(4-11)8(5)9(12)13/h2-3H,1H3,(H,12,13). The Balaban J connectivity index is 3.55. The third kappa shape index (κ3) is 1.80. The summed E-state index contributed by atoms with van der Waals surface area (Å²) in [5.74, 6) is -1.05. The van der Waals surface area contributed by atoms with E-state index in [1.54, 1.807) is 19.1 Å². The second kappa shape index (κ2) is 3.75. The molecule has 0 saturated carbocycles. The number of rotatable bonds is 1. The molecule has 0 unspecified atom stereocenters. The van der Waals surface area contributed by atoms with Crippen LogP contribution in [0.3, 0.4) is 0 Å². The third-order valence-electron chi connectivity index (χ3n) is 1.69. The molecule has 0 heterocycles. The Bertz CT molecular complexity index is 407. The first-order valence-corrected chi connectivity index (χ1v) is 4.58. The number of halogens is 1. The molecule has 13 heavy (non-hydrogen) atoms. The fraction of sp³-hybridized carbons (Fsp3) is 0.111. The Hall–Kier alpha value is -1.09. The van der Waals surface area contributed by atoms with Crippen molar-refractivity contribution in [3.8, 4) is 6.07 Å². The lowest BCUT2D eigenvalue weighted by Gasteiger charge is -2.03. The van der Waals surface area contributed by atoms with Gasteiger partial charge in [0.15, 0.2) is 0 Å². The van der Waals surface area contributed by atoms with E-state index in [0.29, 0.717) is 9.13 Å². The largest absolute Gasteiger partial charge is 0.478 e. The zero-order chi connectivity index (χ0) is 10.0. The van der Waals surface area contributed by atoms with Crippen LogP contribution in [0.2, 0.25) is 0 Å². The fourth-order valence-corrected chi connectivity index (χ4v) is 1.64. The van der Waals surface area contributed by atoms with E-state index in [0.717, 1.165) is 0 Å². The van der Waals surface area contributed by atoms with Crippen molar-refractivity contribution < 1.29 is 9.90 Å². The van der Waals surface area contributed by atoms with Crippen molar-refractivity contribution in [1.29, 1.82) is 5.26 Å². The maximum Gasteiger partial charge on any atom is 0.337 e. The highest BCUT2D eigenvalue weighted by atomic mass is 127. The van der Waals surface area contributed by atoms with Crippen molar-refractivity contribution in [2.24, 2.45) is 0 Å². The minimum Gasteiger partial charge on any atom is -0.478 e. The number of nitriles is 1. The number of aromatic carboxylic acids is 1. The number of benzene rings is 1. The predicted octanol–water partition coefficient (Wildman–Crippen LogP) is 2.17. The molecule has 0 spiro atoms. The number of hydrogen-bond acceptors (Lipinski definition) is 2. The molecule has 0 aromatic heterocycles. The molecule has 0 aliphatic heterocycles. The average molecular weight is 287 g/mol. The molecular weight excluding hydrogens is 281 g/mol. The van der Waals surface area contributed by atoms with Gasteiger partial charge >= 0.3 is 5.97 Å². The van der Waals surface area contributed by atoms with E-state index in [9.17, 15) is 4.79 Å². The lowest BCUT2D eigenvalue weighted by molar-refractivity contribution is 0.0695. The second-order valence-corrected chi connectivity index (χ2v) is 3.69. The molecule has 1 N–H and O–H groups in total. The van der Waals surface area contributed by atoms with E-state index in [2.05, 4.69) is 0 Å². The van der Waals surface area contributed by atoms with Crippen molar-refractivity contribution in [2.75, 3.05) is 0 Å². The minimum absolute atomic E-state index is 0.106. The molecule has 0 radical (unpaired) electrons. The molecule has 4 heteroatoms. The zero-order valence-corrected chi connectivity index (χ0v) is 8.99. The quantitative estimate of drug-likeness (QED) is 0.805. The van der Waals surface area contributed by atoms with Crippen molar-refractivity contribution in [1.82, 2.24) is 0 Å². The summed E-state index contributed by atoms with van der Waals surface area (Å²) in [6.07, 6.45) is 0. The van der Waals surface area contributed by atoms with Gasteiger partial charge in [0.1, 0.15) is 6.07 Å². The van der Waals surface area contributed by atoms with Gasteiger partial charge in [-0.05, 0) is 41.1 Å². The van der Waals surface area contributed by atoms with Crippen LogP contribution in [0, 0.1) is 21.8 Å². The smallest absolute Gasteiger partial charge is 0.337 e. The van der Waals surface area contributed by atoms with Gasteiger partial charge in [-0.1, -0.05) is 6.07 Å². The van der Waals surface area contributed by atoms with E-state index in [-0.39, 0.29) is 11.1 Å². The summed E-state index contributed by atoms with van der Waals surface area (Å²) in [5.41, 5.74) is 0.965. The van der Waals surface area contributed by atoms with Crippen LogP contribution in [-0.2, 0) is 0 Å². The van der Waals surface area contributed by atoms with Crippen LogP contribution >= 0.6 is 22.6 Å². The Kier molecular flexibility index (Phi) is 2.88. The summed E-state index contributed by atoms with van der Waals surface area (Å²) in [6.45, 7) is 1.68. The molecular formula is C9H6INO2. The molecule has 0 bridgehead atoms. The van der Waals surface area contributed by atoms with Crippen LogP contribution in [0.15, 0.2) is 12.1 Å². The maximum absolute atomic E-state index is 10.8. The van der Waals surface area contributed by atoms with Crippen molar-refractivity contribution in [3.05, 3.63) is 32.4 Å². The Morgan fingerprint density at radius 1 is 1.62 bits per heavy atom. The van der Waals surface area contributed by atoms with E-state index < -0.39 is 5.97 Å². The molecule has 0 atom stereocenters. The highest BCUT2D eigenvalue weighted by Gasteiger charge is 2.15. The van der Waals surface area contributed by atoms with Gasteiger partial charge < -0.3 is 5.11 Å². The molecule has 66 valence electrons. The summed E-state index contributed by atoms with van der Waals surface area (Å²) in [5, 5.41) is 17.6. The summed E-state index contributed by atoms with van der Waals surface area (Å²) < 4.78 is 0.670. The van der Waals surface area contributed by atoms with Gasteiger partial charge in [-0.2, -0.15) is 5.26 Å². The first kappa shape index (κ1) is 9.99. The van der Waals surface area contributed by atoms with Crippen LogP contribution in [0.4, 0.5) is 0 Å². The molecule has 1 aromatic rings. The first-order chi connectivity index (χ1) is 6.07. The number of hydrogen-bond donors (Lipinski definition) is 1. The van der Waals surface area contributed by atoms with Crippen molar-refractivity contribution in [3.63, 3.8) is 0 Å². The summed E-state index contributed by atoms with van der Waals surface area (Å²) in [7, 11) is 0. The first-order valence-electron chi connectivity index (χ1n) is 3.50. The van der Waals surface area contributed by atoms with E-state index in [1.165, 1.54) is 0 Å². The predicted molar refractivity (Wildman–Crippen MR) is 55.6 cm³/mol. The molecule has 0 aliphatic carbocycles. The molecule has 0 aliphatic rings. The van der Waals surface area contributed by atoms with Gasteiger partial charge in [0.2, 0.25) is 0 Å². The molecule has 1 aromatic carbocycles. The molecule has 0 fully saturated rings.